The van der Waals surface area contributed by atoms with Crippen molar-refractivity contribution in [3.63, 3.8) is 0 Å². The van der Waals surface area contributed by atoms with E-state index in [0.717, 1.165) is 5.56 Å². The SMILES string of the molecule is COc1c(F)cc(C)cc1[C@H](C#N)O[Si](C)(C)C. The van der Waals surface area contributed by atoms with Crippen LogP contribution in [0.4, 0.5) is 4.39 Å². The quantitative estimate of drug-likeness (QED) is 0.783. The van der Waals surface area contributed by atoms with Gasteiger partial charge in [-0.05, 0) is 44.3 Å². The number of aryl methyl sites for hydroxylation is 1. The molecule has 1 atom stereocenters. The molecule has 0 N–H and O–H groups in total. The molecule has 0 aliphatic carbocycles. The summed E-state index contributed by atoms with van der Waals surface area (Å²) in [5.74, 6) is -0.377. The van der Waals surface area contributed by atoms with Gasteiger partial charge in [-0.2, -0.15) is 5.26 Å². The fourth-order valence-corrected chi connectivity index (χ4v) is 2.57. The Balaban J connectivity index is 3.25. The molecule has 5 heteroatoms. The Morgan fingerprint density at radius 3 is 2.39 bits per heavy atom. The maximum atomic E-state index is 13.8. The van der Waals surface area contributed by atoms with Crippen LogP contribution < -0.4 is 4.74 Å². The number of benzene rings is 1. The zero-order valence-corrected chi connectivity index (χ0v) is 12.4. The molecule has 0 aromatic heterocycles. The molecule has 0 bridgehead atoms. The summed E-state index contributed by atoms with van der Waals surface area (Å²) in [6.45, 7) is 7.72. The van der Waals surface area contributed by atoms with Crippen LogP contribution in [0.5, 0.6) is 5.75 Å². The number of nitrogens with zero attached hydrogens (tertiary/aromatic N) is 1. The van der Waals surface area contributed by atoms with Crippen molar-refractivity contribution in [3.05, 3.63) is 29.1 Å². The Morgan fingerprint density at radius 2 is 1.94 bits per heavy atom. The molecular weight excluding hydrogens is 249 g/mol. The van der Waals surface area contributed by atoms with Crippen LogP contribution in [0.15, 0.2) is 12.1 Å². The molecule has 98 valence electrons. The second-order valence-corrected chi connectivity index (χ2v) is 9.57. The van der Waals surface area contributed by atoms with Crippen LogP contribution in [0.1, 0.15) is 17.2 Å². The minimum atomic E-state index is -1.90. The summed E-state index contributed by atoms with van der Waals surface area (Å²) in [5.41, 5.74) is 1.20. The predicted molar refractivity (Wildman–Crippen MR) is 70.5 cm³/mol. The molecule has 18 heavy (non-hydrogen) atoms. The maximum Gasteiger partial charge on any atom is 0.186 e. The van der Waals surface area contributed by atoms with Crippen molar-refractivity contribution in [2.24, 2.45) is 0 Å². The Labute approximate surface area is 108 Å². The topological polar surface area (TPSA) is 42.2 Å². The highest BCUT2D eigenvalue weighted by Crippen LogP contribution is 2.32. The zero-order valence-electron chi connectivity index (χ0n) is 11.4. The van der Waals surface area contributed by atoms with E-state index in [9.17, 15) is 9.65 Å². The minimum Gasteiger partial charge on any atom is -0.493 e. The van der Waals surface area contributed by atoms with Crippen molar-refractivity contribution in [2.75, 3.05) is 7.11 Å². The summed E-state index contributed by atoms with van der Waals surface area (Å²) in [6, 6.07) is 5.18. The van der Waals surface area contributed by atoms with Crippen molar-refractivity contribution in [1.82, 2.24) is 0 Å². The molecule has 1 aromatic carbocycles. The first-order valence-corrected chi connectivity index (χ1v) is 9.11. The summed E-state index contributed by atoms with van der Waals surface area (Å²) < 4.78 is 24.6. The van der Waals surface area contributed by atoms with Crippen molar-refractivity contribution in [2.45, 2.75) is 32.7 Å². The summed E-state index contributed by atoms with van der Waals surface area (Å²) in [6.07, 6.45) is -0.791. The average molecular weight is 267 g/mol. The van der Waals surface area contributed by atoms with Gasteiger partial charge in [-0.25, -0.2) is 4.39 Å². The van der Waals surface area contributed by atoms with Gasteiger partial charge < -0.3 is 9.16 Å². The number of nitriles is 1. The Hall–Kier alpha value is -1.38. The molecule has 0 unspecified atom stereocenters. The smallest absolute Gasteiger partial charge is 0.186 e. The van der Waals surface area contributed by atoms with Crippen LogP contribution in [0, 0.1) is 24.1 Å². The third-order valence-corrected chi connectivity index (χ3v) is 3.23. The molecule has 0 aliphatic heterocycles. The van der Waals surface area contributed by atoms with Crippen LogP contribution >= 0.6 is 0 Å². The van der Waals surface area contributed by atoms with Gasteiger partial charge in [-0.15, -0.1) is 0 Å². The van der Waals surface area contributed by atoms with Gasteiger partial charge >= 0.3 is 0 Å². The summed E-state index contributed by atoms with van der Waals surface area (Å²) in [7, 11) is -0.506. The van der Waals surface area contributed by atoms with Gasteiger partial charge in [0.1, 0.15) is 0 Å². The van der Waals surface area contributed by atoms with Crippen molar-refractivity contribution >= 4 is 8.32 Å². The van der Waals surface area contributed by atoms with E-state index >= 15 is 0 Å². The number of halogens is 1. The number of ether oxygens (including phenoxy) is 1. The fourth-order valence-electron chi connectivity index (χ4n) is 1.68. The Bertz CT molecular complexity index is 477. The van der Waals surface area contributed by atoms with Gasteiger partial charge in [0.05, 0.1) is 13.2 Å². The lowest BCUT2D eigenvalue weighted by atomic mass is 10.1. The van der Waals surface area contributed by atoms with Crippen molar-refractivity contribution < 1.29 is 13.6 Å². The summed E-state index contributed by atoms with van der Waals surface area (Å²) in [4.78, 5) is 0. The largest absolute Gasteiger partial charge is 0.493 e. The number of methoxy groups -OCH3 is 1. The third-order valence-electron chi connectivity index (χ3n) is 2.29. The van der Waals surface area contributed by atoms with E-state index in [0.29, 0.717) is 5.56 Å². The molecule has 0 saturated heterocycles. The summed E-state index contributed by atoms with van der Waals surface area (Å²) in [5, 5.41) is 9.21. The molecule has 0 saturated carbocycles. The molecule has 0 heterocycles. The lowest BCUT2D eigenvalue weighted by molar-refractivity contribution is 0.246. The van der Waals surface area contributed by atoms with Gasteiger partial charge in [0.15, 0.2) is 26.0 Å². The number of hydrogen-bond acceptors (Lipinski definition) is 3. The lowest BCUT2D eigenvalue weighted by Crippen LogP contribution is -2.27. The van der Waals surface area contributed by atoms with Crippen LogP contribution in [-0.4, -0.2) is 15.4 Å². The van der Waals surface area contributed by atoms with Gasteiger partial charge in [0.25, 0.3) is 0 Å². The van der Waals surface area contributed by atoms with Gasteiger partial charge in [0.2, 0.25) is 0 Å². The zero-order chi connectivity index (χ0) is 13.9. The van der Waals surface area contributed by atoms with Gasteiger partial charge in [0, 0.05) is 5.56 Å². The first-order chi connectivity index (χ1) is 8.28. The first-order valence-electron chi connectivity index (χ1n) is 5.70. The lowest BCUT2D eigenvalue weighted by Gasteiger charge is -2.23. The van der Waals surface area contributed by atoms with E-state index < -0.39 is 20.2 Å². The highest BCUT2D eigenvalue weighted by molar-refractivity contribution is 6.69. The maximum absolute atomic E-state index is 13.8. The van der Waals surface area contributed by atoms with E-state index in [1.54, 1.807) is 13.0 Å². The van der Waals surface area contributed by atoms with Crippen LogP contribution in [0.25, 0.3) is 0 Å². The van der Waals surface area contributed by atoms with Crippen LogP contribution in [0.2, 0.25) is 19.6 Å². The molecule has 0 radical (unpaired) electrons. The first kappa shape index (κ1) is 14.7. The van der Waals surface area contributed by atoms with E-state index in [4.69, 9.17) is 9.16 Å². The van der Waals surface area contributed by atoms with E-state index in [1.165, 1.54) is 13.2 Å². The fraction of sp³-hybridized carbons (Fsp3) is 0.462. The molecule has 0 fully saturated rings. The molecule has 1 rings (SSSR count). The molecule has 1 aromatic rings. The van der Waals surface area contributed by atoms with Crippen molar-refractivity contribution in [1.29, 1.82) is 5.26 Å². The van der Waals surface area contributed by atoms with Crippen molar-refractivity contribution in [3.8, 4) is 11.8 Å². The molecule has 0 spiro atoms. The standard InChI is InChI=1S/C13H18FNO2Si/c1-9-6-10(13(16-2)11(14)7-9)12(8-15)17-18(3,4)5/h6-7,12H,1-5H3/t12-/m0/s1. The van der Waals surface area contributed by atoms with E-state index in [-0.39, 0.29) is 5.75 Å². The van der Waals surface area contributed by atoms with Crippen LogP contribution in [0.3, 0.4) is 0 Å². The third kappa shape index (κ3) is 3.55. The Kier molecular flexibility index (Phi) is 4.49. The molecule has 0 aliphatic rings. The highest BCUT2D eigenvalue weighted by atomic mass is 28.4. The minimum absolute atomic E-state index is 0.0883. The number of rotatable bonds is 4. The second-order valence-electron chi connectivity index (χ2n) is 5.11. The second kappa shape index (κ2) is 5.51. The van der Waals surface area contributed by atoms with Crippen LogP contribution in [-0.2, 0) is 4.43 Å². The Morgan fingerprint density at radius 1 is 1.33 bits per heavy atom. The molecule has 0 amide bonds. The van der Waals surface area contributed by atoms with E-state index in [2.05, 4.69) is 6.07 Å². The number of hydrogen-bond donors (Lipinski definition) is 0. The molecule has 3 nitrogen and oxygen atoms in total. The normalized spacial score (nSPS) is 12.9. The average Bonchev–Trinajstić information content (AvgIpc) is 2.23. The summed E-state index contributed by atoms with van der Waals surface area (Å²) >= 11 is 0. The van der Waals surface area contributed by atoms with E-state index in [1.807, 2.05) is 19.6 Å². The monoisotopic (exact) mass is 267 g/mol. The predicted octanol–water partition coefficient (Wildman–Crippen LogP) is 3.56. The van der Waals surface area contributed by atoms with Gasteiger partial charge in [-0.3, -0.25) is 0 Å². The molecular formula is C13H18FNO2Si. The highest BCUT2D eigenvalue weighted by Gasteiger charge is 2.26. The van der Waals surface area contributed by atoms with Gasteiger partial charge in [-0.1, -0.05) is 0 Å².